The summed E-state index contributed by atoms with van der Waals surface area (Å²) >= 11 is 0. The van der Waals surface area contributed by atoms with E-state index in [1.54, 1.807) is 42.1 Å². The van der Waals surface area contributed by atoms with Crippen LogP contribution in [0.25, 0.3) is 11.2 Å². The zero-order valence-electron chi connectivity index (χ0n) is 18.2. The number of aromatic nitrogens is 4. The van der Waals surface area contributed by atoms with Crippen LogP contribution in [0.2, 0.25) is 0 Å². The Bertz CT molecular complexity index is 1270. The van der Waals surface area contributed by atoms with Gasteiger partial charge in [0.1, 0.15) is 17.3 Å². The molecule has 0 aliphatic carbocycles. The molecule has 0 spiro atoms. The minimum atomic E-state index is -3.84. The lowest BCUT2D eigenvalue weighted by Gasteiger charge is -2.23. The first kappa shape index (κ1) is 22.4. The molecule has 2 unspecified atom stereocenters. The Morgan fingerprint density at radius 2 is 2.03 bits per heavy atom. The van der Waals surface area contributed by atoms with Gasteiger partial charge in [0.15, 0.2) is 10.7 Å². The number of sulfone groups is 1. The Morgan fingerprint density at radius 3 is 2.72 bits per heavy atom. The second kappa shape index (κ2) is 8.98. The second-order valence-electron chi connectivity index (χ2n) is 8.12. The van der Waals surface area contributed by atoms with Crippen LogP contribution < -0.4 is 0 Å². The fourth-order valence-corrected chi connectivity index (χ4v) is 4.89. The summed E-state index contributed by atoms with van der Waals surface area (Å²) in [6.45, 7) is 4.02. The van der Waals surface area contributed by atoms with Crippen LogP contribution >= 0.6 is 0 Å². The van der Waals surface area contributed by atoms with E-state index in [1.807, 2.05) is 13.0 Å². The summed E-state index contributed by atoms with van der Waals surface area (Å²) in [6.07, 6.45) is 4.46. The van der Waals surface area contributed by atoms with Crippen LogP contribution in [0.4, 0.5) is 0 Å². The van der Waals surface area contributed by atoms with Crippen molar-refractivity contribution in [2.45, 2.75) is 62.1 Å². The molecule has 0 amide bonds. The Morgan fingerprint density at radius 1 is 1.25 bits per heavy atom. The van der Waals surface area contributed by atoms with Crippen LogP contribution in [0.1, 0.15) is 57.1 Å². The van der Waals surface area contributed by atoms with Crippen LogP contribution in [0.5, 0.6) is 0 Å². The Labute approximate surface area is 187 Å². The van der Waals surface area contributed by atoms with Gasteiger partial charge in [0, 0.05) is 6.61 Å². The smallest absolute Gasteiger partial charge is 0.208 e. The van der Waals surface area contributed by atoms with Gasteiger partial charge in [-0.1, -0.05) is 43.2 Å². The maximum Gasteiger partial charge on any atom is 0.208 e. The van der Waals surface area contributed by atoms with Gasteiger partial charge in [-0.05, 0) is 44.1 Å². The first-order chi connectivity index (χ1) is 15.3. The van der Waals surface area contributed by atoms with E-state index in [2.05, 4.69) is 26.8 Å². The number of rotatable bonds is 5. The molecule has 0 bridgehead atoms. The molecule has 3 heterocycles. The van der Waals surface area contributed by atoms with Crippen molar-refractivity contribution in [3.63, 3.8) is 0 Å². The van der Waals surface area contributed by atoms with E-state index in [-0.39, 0.29) is 28.3 Å². The summed E-state index contributed by atoms with van der Waals surface area (Å²) in [6, 6.07) is 8.92. The lowest BCUT2D eigenvalue weighted by atomic mass is 10.1. The standard InChI is InChI=1S/C23H26N4O4S/c1-3-23(2,28)13-12-18-25-21-20(24-16-27(21)19-11-7-8-14-31-19)22(26-18)32(29,30)15-17-9-5-4-6-10-17/h4-6,9-10,16,19,28H,3,7-8,11,14-15H2,1-2H3. The Kier molecular flexibility index (Phi) is 6.29. The fraction of sp³-hybridized carbons (Fsp3) is 0.435. The molecule has 2 aromatic heterocycles. The summed E-state index contributed by atoms with van der Waals surface area (Å²) in [5.41, 5.74) is -0.0218. The monoisotopic (exact) mass is 454 g/mol. The van der Waals surface area contributed by atoms with E-state index in [0.717, 1.165) is 19.3 Å². The van der Waals surface area contributed by atoms with Gasteiger partial charge in [0.2, 0.25) is 15.7 Å². The van der Waals surface area contributed by atoms with Crippen LogP contribution in [0.3, 0.4) is 0 Å². The van der Waals surface area contributed by atoms with Crippen molar-refractivity contribution in [2.24, 2.45) is 0 Å². The van der Waals surface area contributed by atoms with Gasteiger partial charge in [-0.2, -0.15) is 0 Å². The molecule has 0 saturated carbocycles. The van der Waals surface area contributed by atoms with E-state index in [0.29, 0.717) is 24.2 Å². The number of benzene rings is 1. The Hall–Kier alpha value is -2.80. The second-order valence-corrected chi connectivity index (χ2v) is 10.0. The van der Waals surface area contributed by atoms with E-state index in [4.69, 9.17) is 4.74 Å². The molecule has 1 aliphatic rings. The number of fused-ring (bicyclic) bond motifs is 1. The average molecular weight is 455 g/mol. The zero-order chi connectivity index (χ0) is 22.8. The molecule has 1 N–H and O–H groups in total. The summed E-state index contributed by atoms with van der Waals surface area (Å²) in [5, 5.41) is 10.1. The highest BCUT2D eigenvalue weighted by atomic mass is 32.2. The molecule has 1 aromatic carbocycles. The summed E-state index contributed by atoms with van der Waals surface area (Å²) in [5.74, 6) is 5.30. The van der Waals surface area contributed by atoms with Gasteiger partial charge in [-0.15, -0.1) is 0 Å². The number of hydrogen-bond acceptors (Lipinski definition) is 7. The van der Waals surface area contributed by atoms with Gasteiger partial charge < -0.3 is 9.84 Å². The van der Waals surface area contributed by atoms with Crippen molar-refractivity contribution in [2.75, 3.05) is 6.61 Å². The number of nitrogens with zero attached hydrogens (tertiary/aromatic N) is 4. The number of aliphatic hydroxyl groups is 1. The van der Waals surface area contributed by atoms with E-state index in [1.165, 1.54) is 0 Å². The van der Waals surface area contributed by atoms with Gasteiger partial charge in [-0.25, -0.2) is 23.4 Å². The SMILES string of the molecule is CCC(C)(O)C#Cc1nc(S(=O)(=O)Cc2ccccc2)c2ncn(C3CCCCO3)c2n1. The number of ether oxygens (including phenoxy) is 1. The molecule has 32 heavy (non-hydrogen) atoms. The van der Waals surface area contributed by atoms with Crippen LogP contribution in [0.15, 0.2) is 41.7 Å². The quantitative estimate of drug-likeness (QED) is 0.466. The third kappa shape index (κ3) is 4.83. The summed E-state index contributed by atoms with van der Waals surface area (Å²) in [4.78, 5) is 13.1. The highest BCUT2D eigenvalue weighted by Gasteiger charge is 2.27. The minimum absolute atomic E-state index is 0.0235. The molecule has 2 atom stereocenters. The minimum Gasteiger partial charge on any atom is -0.378 e. The molecule has 4 rings (SSSR count). The summed E-state index contributed by atoms with van der Waals surface area (Å²) in [7, 11) is -3.84. The zero-order valence-corrected chi connectivity index (χ0v) is 19.0. The molecular formula is C23H26N4O4S. The maximum absolute atomic E-state index is 13.3. The van der Waals surface area contributed by atoms with Crippen molar-refractivity contribution in [1.82, 2.24) is 19.5 Å². The largest absolute Gasteiger partial charge is 0.378 e. The maximum atomic E-state index is 13.3. The number of hydrogen-bond donors (Lipinski definition) is 1. The normalized spacial score (nSPS) is 18.7. The van der Waals surface area contributed by atoms with E-state index < -0.39 is 15.4 Å². The van der Waals surface area contributed by atoms with Gasteiger partial charge in [0.25, 0.3) is 0 Å². The average Bonchev–Trinajstić information content (AvgIpc) is 3.22. The highest BCUT2D eigenvalue weighted by molar-refractivity contribution is 7.90. The van der Waals surface area contributed by atoms with Crippen LogP contribution in [-0.2, 0) is 20.3 Å². The lowest BCUT2D eigenvalue weighted by Crippen LogP contribution is -2.20. The number of imidazole rings is 1. The van der Waals surface area contributed by atoms with Crippen molar-refractivity contribution >= 4 is 21.0 Å². The first-order valence-electron chi connectivity index (χ1n) is 10.7. The molecule has 3 aromatic rings. The van der Waals surface area contributed by atoms with Crippen molar-refractivity contribution in [1.29, 1.82) is 0 Å². The molecule has 9 heteroatoms. The van der Waals surface area contributed by atoms with Crippen molar-refractivity contribution in [3.05, 3.63) is 48.0 Å². The molecule has 1 saturated heterocycles. The molecule has 0 radical (unpaired) electrons. The molecule has 168 valence electrons. The Balaban J connectivity index is 1.85. The predicted octanol–water partition coefficient (Wildman–Crippen LogP) is 3.01. The topological polar surface area (TPSA) is 107 Å². The van der Waals surface area contributed by atoms with Gasteiger partial charge in [0.05, 0.1) is 12.1 Å². The first-order valence-corrected chi connectivity index (χ1v) is 12.3. The molecule has 1 aliphatic heterocycles. The highest BCUT2D eigenvalue weighted by Crippen LogP contribution is 2.28. The van der Waals surface area contributed by atoms with Gasteiger partial charge in [-0.3, -0.25) is 4.57 Å². The molecule has 1 fully saturated rings. The third-order valence-electron chi connectivity index (χ3n) is 5.48. The third-order valence-corrected chi connectivity index (χ3v) is 7.07. The lowest BCUT2D eigenvalue weighted by molar-refractivity contribution is -0.0298. The van der Waals surface area contributed by atoms with Crippen LogP contribution in [0, 0.1) is 11.8 Å². The molecular weight excluding hydrogens is 428 g/mol. The van der Waals surface area contributed by atoms with Gasteiger partial charge >= 0.3 is 0 Å². The fourth-order valence-electron chi connectivity index (χ4n) is 3.46. The van der Waals surface area contributed by atoms with Crippen LogP contribution in [-0.4, -0.2) is 45.3 Å². The van der Waals surface area contributed by atoms with E-state index in [9.17, 15) is 13.5 Å². The van der Waals surface area contributed by atoms with Crippen molar-refractivity contribution < 1.29 is 18.3 Å². The van der Waals surface area contributed by atoms with Crippen molar-refractivity contribution in [3.8, 4) is 11.8 Å². The summed E-state index contributed by atoms with van der Waals surface area (Å²) < 4.78 is 34.3. The molecule has 8 nitrogen and oxygen atoms in total. The predicted molar refractivity (Wildman–Crippen MR) is 119 cm³/mol. The van der Waals surface area contributed by atoms with E-state index >= 15 is 0 Å².